The highest BCUT2D eigenvalue weighted by molar-refractivity contribution is 5.46. The largest absolute Gasteiger partial charge is 0.486 e. The first-order chi connectivity index (χ1) is 10.6. The Kier molecular flexibility index (Phi) is 4.81. The Morgan fingerprint density at radius 2 is 1.91 bits per heavy atom. The third-order valence-electron chi connectivity index (χ3n) is 4.28. The fourth-order valence-electron chi connectivity index (χ4n) is 3.09. The van der Waals surface area contributed by atoms with Gasteiger partial charge in [-0.25, -0.2) is 4.39 Å². The number of halogens is 1. The number of rotatable bonds is 4. The maximum Gasteiger partial charge on any atom is 0.197 e. The second kappa shape index (κ2) is 6.81. The molecule has 2 aliphatic heterocycles. The smallest absolute Gasteiger partial charge is 0.197 e. The number of fused-ring (bicyclic) bond motifs is 1. The summed E-state index contributed by atoms with van der Waals surface area (Å²) in [6.07, 6.45) is 2.66. The van der Waals surface area contributed by atoms with Crippen LogP contribution in [0.1, 0.15) is 30.9 Å². The summed E-state index contributed by atoms with van der Waals surface area (Å²) in [6.45, 7) is 3.34. The molecule has 1 fully saturated rings. The van der Waals surface area contributed by atoms with E-state index in [4.69, 9.17) is 15.2 Å². The topological polar surface area (TPSA) is 68.0 Å². The van der Waals surface area contributed by atoms with E-state index in [1.807, 2.05) is 0 Å². The minimum Gasteiger partial charge on any atom is -0.486 e. The number of nitrogens with two attached hydrogens (primary N) is 1. The number of aliphatic hydroxyl groups is 1. The van der Waals surface area contributed by atoms with E-state index in [1.54, 1.807) is 6.07 Å². The molecule has 5 nitrogen and oxygen atoms in total. The van der Waals surface area contributed by atoms with Crippen molar-refractivity contribution in [1.29, 1.82) is 0 Å². The molecule has 22 heavy (non-hydrogen) atoms. The number of nitrogens with zero attached hydrogens (tertiary/aromatic N) is 1. The molecule has 2 atom stereocenters. The van der Waals surface area contributed by atoms with Crippen LogP contribution in [0.5, 0.6) is 11.5 Å². The van der Waals surface area contributed by atoms with E-state index >= 15 is 0 Å². The van der Waals surface area contributed by atoms with E-state index in [-0.39, 0.29) is 5.75 Å². The zero-order valence-electron chi connectivity index (χ0n) is 12.6. The Hall–Kier alpha value is -1.37. The predicted molar refractivity (Wildman–Crippen MR) is 80.6 cm³/mol. The molecule has 0 saturated carbocycles. The van der Waals surface area contributed by atoms with Crippen LogP contribution in [0, 0.1) is 5.82 Å². The number of likely N-dealkylation sites (tertiary alicyclic amines) is 1. The first kappa shape index (κ1) is 15.5. The normalized spacial score (nSPS) is 21.4. The molecule has 0 amide bonds. The minimum atomic E-state index is -0.924. The summed E-state index contributed by atoms with van der Waals surface area (Å²) in [4.78, 5) is 2.26. The lowest BCUT2D eigenvalue weighted by molar-refractivity contribution is 0.110. The Morgan fingerprint density at radius 3 is 2.68 bits per heavy atom. The van der Waals surface area contributed by atoms with E-state index in [0.717, 1.165) is 13.1 Å². The van der Waals surface area contributed by atoms with Gasteiger partial charge in [0, 0.05) is 12.6 Å². The van der Waals surface area contributed by atoms with Crippen LogP contribution in [0.2, 0.25) is 0 Å². The number of piperidine rings is 1. The van der Waals surface area contributed by atoms with Crippen molar-refractivity contribution < 1.29 is 19.0 Å². The number of hydrogen-bond acceptors (Lipinski definition) is 5. The van der Waals surface area contributed by atoms with Crippen molar-refractivity contribution >= 4 is 0 Å². The molecule has 2 aliphatic rings. The van der Waals surface area contributed by atoms with Crippen LogP contribution >= 0.6 is 0 Å². The van der Waals surface area contributed by atoms with Gasteiger partial charge in [-0.15, -0.1) is 0 Å². The average Bonchev–Trinajstić information content (AvgIpc) is 2.55. The molecule has 0 unspecified atom stereocenters. The summed E-state index contributed by atoms with van der Waals surface area (Å²) in [6, 6.07) is 2.45. The van der Waals surface area contributed by atoms with Crippen molar-refractivity contribution in [2.24, 2.45) is 5.73 Å². The Bertz CT molecular complexity index is 520. The van der Waals surface area contributed by atoms with E-state index < -0.39 is 18.0 Å². The van der Waals surface area contributed by atoms with Gasteiger partial charge in [0.15, 0.2) is 17.3 Å². The van der Waals surface area contributed by atoms with Crippen LogP contribution in [0.15, 0.2) is 12.1 Å². The fraction of sp³-hybridized carbons (Fsp3) is 0.625. The number of ether oxygens (including phenoxy) is 2. The van der Waals surface area contributed by atoms with Crippen LogP contribution in [0.25, 0.3) is 0 Å². The molecule has 6 heteroatoms. The van der Waals surface area contributed by atoms with Crippen molar-refractivity contribution in [3.05, 3.63) is 23.5 Å². The average molecular weight is 310 g/mol. The van der Waals surface area contributed by atoms with Crippen LogP contribution in [0.4, 0.5) is 4.39 Å². The third-order valence-corrected chi connectivity index (χ3v) is 4.28. The molecule has 0 aromatic heterocycles. The summed E-state index contributed by atoms with van der Waals surface area (Å²) in [7, 11) is 0. The van der Waals surface area contributed by atoms with Crippen LogP contribution in [-0.2, 0) is 0 Å². The molecule has 2 heterocycles. The van der Waals surface area contributed by atoms with Gasteiger partial charge in [0.25, 0.3) is 0 Å². The zero-order chi connectivity index (χ0) is 15.5. The van der Waals surface area contributed by atoms with E-state index in [1.165, 1.54) is 25.3 Å². The highest BCUT2D eigenvalue weighted by Crippen LogP contribution is 2.36. The Morgan fingerprint density at radius 1 is 1.18 bits per heavy atom. The molecule has 1 aromatic carbocycles. The van der Waals surface area contributed by atoms with Crippen molar-refractivity contribution in [3.63, 3.8) is 0 Å². The highest BCUT2D eigenvalue weighted by Gasteiger charge is 2.25. The maximum atomic E-state index is 14.0. The Labute approximate surface area is 129 Å². The van der Waals surface area contributed by atoms with Gasteiger partial charge in [0.1, 0.15) is 13.2 Å². The molecule has 0 radical (unpaired) electrons. The summed E-state index contributed by atoms with van der Waals surface area (Å²) >= 11 is 0. The summed E-state index contributed by atoms with van der Waals surface area (Å²) in [5, 5.41) is 10.4. The van der Waals surface area contributed by atoms with Gasteiger partial charge < -0.3 is 25.2 Å². The monoisotopic (exact) mass is 310 g/mol. The van der Waals surface area contributed by atoms with Crippen molar-refractivity contribution in [2.75, 3.05) is 32.8 Å². The summed E-state index contributed by atoms with van der Waals surface area (Å²) < 4.78 is 24.7. The number of hydrogen-bond donors (Lipinski definition) is 2. The van der Waals surface area contributed by atoms with Gasteiger partial charge >= 0.3 is 0 Å². The quantitative estimate of drug-likeness (QED) is 0.881. The SMILES string of the molecule is N[C@H](CN1CCCCC1)[C@H](O)c1cc(F)c2c(c1)OCCO2. The lowest BCUT2D eigenvalue weighted by atomic mass is 10.0. The highest BCUT2D eigenvalue weighted by atomic mass is 19.1. The molecule has 0 bridgehead atoms. The van der Waals surface area contributed by atoms with Gasteiger partial charge in [-0.1, -0.05) is 6.42 Å². The summed E-state index contributed by atoms with van der Waals surface area (Å²) in [5.74, 6) is -0.0614. The first-order valence-corrected chi connectivity index (χ1v) is 7.90. The molecule has 1 saturated heterocycles. The molecule has 1 aromatic rings. The van der Waals surface area contributed by atoms with Gasteiger partial charge in [0.2, 0.25) is 0 Å². The standard InChI is InChI=1S/C16H23FN2O3/c17-12-8-11(9-14-16(12)22-7-6-21-14)15(20)13(18)10-19-4-2-1-3-5-19/h8-9,13,15,20H,1-7,10,18H2/t13-,15-/m1/s1. The Balaban J connectivity index is 1.70. The van der Waals surface area contributed by atoms with Crippen molar-refractivity contribution in [1.82, 2.24) is 4.90 Å². The van der Waals surface area contributed by atoms with Crippen molar-refractivity contribution in [3.8, 4) is 11.5 Å². The summed E-state index contributed by atoms with van der Waals surface area (Å²) in [5.41, 5.74) is 6.56. The third kappa shape index (κ3) is 3.34. The number of benzene rings is 1. The molecule has 122 valence electrons. The first-order valence-electron chi connectivity index (χ1n) is 7.90. The predicted octanol–water partition coefficient (Wildman–Crippen LogP) is 1.44. The van der Waals surface area contributed by atoms with Crippen LogP contribution < -0.4 is 15.2 Å². The van der Waals surface area contributed by atoms with E-state index in [0.29, 0.717) is 31.1 Å². The molecule has 0 spiro atoms. The van der Waals surface area contributed by atoms with Gasteiger partial charge in [-0.05, 0) is 43.6 Å². The lowest BCUT2D eigenvalue weighted by Crippen LogP contribution is -2.43. The molecular weight excluding hydrogens is 287 g/mol. The van der Waals surface area contributed by atoms with Gasteiger partial charge in [-0.2, -0.15) is 0 Å². The second-order valence-electron chi connectivity index (χ2n) is 6.00. The van der Waals surface area contributed by atoms with Crippen LogP contribution in [0.3, 0.4) is 0 Å². The van der Waals surface area contributed by atoms with E-state index in [9.17, 15) is 9.50 Å². The van der Waals surface area contributed by atoms with Crippen LogP contribution in [-0.4, -0.2) is 48.9 Å². The van der Waals surface area contributed by atoms with Crippen molar-refractivity contribution in [2.45, 2.75) is 31.4 Å². The molecule has 3 rings (SSSR count). The molecular formula is C16H23FN2O3. The minimum absolute atomic E-state index is 0.117. The molecule has 0 aliphatic carbocycles. The maximum absolute atomic E-state index is 14.0. The van der Waals surface area contributed by atoms with Gasteiger partial charge in [-0.3, -0.25) is 0 Å². The fourth-order valence-corrected chi connectivity index (χ4v) is 3.09. The van der Waals surface area contributed by atoms with Gasteiger partial charge in [0.05, 0.1) is 6.10 Å². The number of aliphatic hydroxyl groups excluding tert-OH is 1. The van der Waals surface area contributed by atoms with E-state index in [2.05, 4.69) is 4.90 Å². The lowest BCUT2D eigenvalue weighted by Gasteiger charge is -2.31. The second-order valence-corrected chi connectivity index (χ2v) is 6.00. The zero-order valence-corrected chi connectivity index (χ0v) is 12.6. The molecule has 3 N–H and O–H groups in total.